The van der Waals surface area contributed by atoms with Gasteiger partial charge in [-0.15, -0.1) is 11.3 Å². The van der Waals surface area contributed by atoms with Gasteiger partial charge in [0.2, 0.25) is 5.95 Å². The molecule has 0 spiro atoms. The summed E-state index contributed by atoms with van der Waals surface area (Å²) in [6, 6.07) is 10.3. The van der Waals surface area contributed by atoms with Crippen molar-refractivity contribution in [2.24, 2.45) is 5.92 Å². The van der Waals surface area contributed by atoms with Gasteiger partial charge in [0, 0.05) is 36.8 Å². The highest BCUT2D eigenvalue weighted by molar-refractivity contribution is 7.09. The molecule has 0 amide bonds. The molecule has 0 aromatic carbocycles. The Morgan fingerprint density at radius 2 is 2.00 bits per heavy atom. The van der Waals surface area contributed by atoms with Gasteiger partial charge >= 0.3 is 0 Å². The number of aromatic amines is 1. The Morgan fingerprint density at radius 3 is 2.85 bits per heavy atom. The number of anilines is 1. The van der Waals surface area contributed by atoms with Crippen molar-refractivity contribution in [3.05, 3.63) is 65.0 Å². The summed E-state index contributed by atoms with van der Waals surface area (Å²) in [4.78, 5) is 25.5. The average molecular weight is 473 g/mol. The predicted octanol–water partition coefficient (Wildman–Crippen LogP) is 4.18. The third-order valence-corrected chi connectivity index (χ3v) is 7.52. The third kappa shape index (κ3) is 4.53. The van der Waals surface area contributed by atoms with Crippen molar-refractivity contribution in [2.45, 2.75) is 25.8 Å². The van der Waals surface area contributed by atoms with E-state index in [-0.39, 0.29) is 0 Å². The van der Waals surface area contributed by atoms with Crippen molar-refractivity contribution in [3.8, 4) is 0 Å². The van der Waals surface area contributed by atoms with Crippen molar-refractivity contribution in [1.29, 1.82) is 0 Å². The fraction of sp³-hybridized carbons (Fsp3) is 0.360. The minimum Gasteiger partial charge on any atom is -0.355 e. The number of hydrogen-bond acceptors (Lipinski definition) is 7. The van der Waals surface area contributed by atoms with Gasteiger partial charge in [-0.2, -0.15) is 0 Å². The number of aromatic nitrogens is 6. The first-order chi connectivity index (χ1) is 16.8. The van der Waals surface area contributed by atoms with Crippen LogP contribution < -0.4 is 5.32 Å². The van der Waals surface area contributed by atoms with Crippen LogP contribution in [0.25, 0.3) is 22.2 Å². The maximum atomic E-state index is 4.97. The molecule has 1 aliphatic rings. The van der Waals surface area contributed by atoms with Crippen molar-refractivity contribution in [2.75, 3.05) is 31.5 Å². The predicted molar refractivity (Wildman–Crippen MR) is 136 cm³/mol. The molecule has 2 N–H and O–H groups in total. The first-order valence-electron chi connectivity index (χ1n) is 11.9. The number of H-pyrrole nitrogens is 1. The van der Waals surface area contributed by atoms with Gasteiger partial charge in [0.1, 0.15) is 16.9 Å². The highest BCUT2D eigenvalue weighted by Gasteiger charge is 2.22. The summed E-state index contributed by atoms with van der Waals surface area (Å²) in [5.41, 5.74) is 3.90. The Hall–Kier alpha value is -3.30. The van der Waals surface area contributed by atoms with Gasteiger partial charge in [-0.1, -0.05) is 6.07 Å². The molecular formula is C25H28N8S. The molecule has 5 aromatic rings. The van der Waals surface area contributed by atoms with E-state index in [4.69, 9.17) is 4.98 Å². The average Bonchev–Trinajstić information content (AvgIpc) is 3.60. The van der Waals surface area contributed by atoms with Gasteiger partial charge in [0.15, 0.2) is 5.65 Å². The molecule has 174 valence electrons. The molecule has 0 radical (unpaired) electrons. The molecule has 8 nitrogen and oxygen atoms in total. The molecule has 9 heteroatoms. The highest BCUT2D eigenvalue weighted by Crippen LogP contribution is 2.25. The van der Waals surface area contributed by atoms with Gasteiger partial charge in [0.05, 0.1) is 18.3 Å². The van der Waals surface area contributed by atoms with Crippen LogP contribution in [0.5, 0.6) is 0 Å². The van der Waals surface area contributed by atoms with Crippen LogP contribution in [0.4, 0.5) is 5.95 Å². The Bertz CT molecular complexity index is 1330. The number of thiophene rings is 1. The van der Waals surface area contributed by atoms with Gasteiger partial charge in [-0.3, -0.25) is 4.98 Å². The molecule has 1 aliphatic heterocycles. The van der Waals surface area contributed by atoms with E-state index >= 15 is 0 Å². The smallest absolute Gasteiger partial charge is 0.201 e. The summed E-state index contributed by atoms with van der Waals surface area (Å²) in [5, 5.41) is 5.56. The fourth-order valence-corrected chi connectivity index (χ4v) is 5.52. The second-order valence-corrected chi connectivity index (χ2v) is 9.97. The highest BCUT2D eigenvalue weighted by atomic mass is 32.1. The number of piperidine rings is 1. The van der Waals surface area contributed by atoms with Crippen molar-refractivity contribution >= 4 is 39.5 Å². The third-order valence-electron chi connectivity index (χ3n) is 6.66. The van der Waals surface area contributed by atoms with Gasteiger partial charge in [0.25, 0.3) is 0 Å². The Kier molecular flexibility index (Phi) is 5.95. The number of nitrogens with one attached hydrogen (secondary N) is 2. The normalized spacial score (nSPS) is 15.4. The first-order valence-corrected chi connectivity index (χ1v) is 12.8. The van der Waals surface area contributed by atoms with Crippen LogP contribution in [0, 0.1) is 5.92 Å². The second kappa shape index (κ2) is 9.52. The SMILES string of the molecule is c1csc(Cn2c(CC3CCN(CCNc4nc5cnccc5[nH]4)CC3)nc3cccnc32)c1. The first kappa shape index (κ1) is 21.2. The minimum absolute atomic E-state index is 0.658. The summed E-state index contributed by atoms with van der Waals surface area (Å²) >= 11 is 1.79. The number of likely N-dealkylation sites (tertiary alicyclic amines) is 1. The zero-order valence-corrected chi connectivity index (χ0v) is 19.8. The maximum absolute atomic E-state index is 4.97. The zero-order chi connectivity index (χ0) is 22.7. The van der Waals surface area contributed by atoms with Crippen LogP contribution in [-0.4, -0.2) is 60.6 Å². The maximum Gasteiger partial charge on any atom is 0.201 e. The number of imidazole rings is 2. The molecule has 0 unspecified atom stereocenters. The Labute approximate surface area is 202 Å². The molecular weight excluding hydrogens is 444 g/mol. The summed E-state index contributed by atoms with van der Waals surface area (Å²) in [6.07, 6.45) is 8.85. The Morgan fingerprint density at radius 1 is 1.06 bits per heavy atom. The van der Waals surface area contributed by atoms with Crippen molar-refractivity contribution < 1.29 is 0 Å². The largest absolute Gasteiger partial charge is 0.355 e. The number of rotatable bonds is 8. The molecule has 6 heterocycles. The number of pyridine rings is 2. The number of fused-ring (bicyclic) bond motifs is 2. The zero-order valence-electron chi connectivity index (χ0n) is 19.0. The molecule has 0 atom stereocenters. The van der Waals surface area contributed by atoms with Crippen molar-refractivity contribution in [3.63, 3.8) is 0 Å². The van der Waals surface area contributed by atoms with Gasteiger partial charge in [-0.25, -0.2) is 15.0 Å². The van der Waals surface area contributed by atoms with Crippen LogP contribution in [-0.2, 0) is 13.0 Å². The van der Waals surface area contributed by atoms with E-state index in [2.05, 4.69) is 58.3 Å². The van der Waals surface area contributed by atoms with E-state index in [1.54, 1.807) is 23.7 Å². The topological polar surface area (TPSA) is 87.5 Å². The number of nitrogens with zero attached hydrogens (tertiary/aromatic N) is 6. The summed E-state index contributed by atoms with van der Waals surface area (Å²) in [5.74, 6) is 2.64. The Balaban J connectivity index is 1.04. The summed E-state index contributed by atoms with van der Waals surface area (Å²) in [6.45, 7) is 4.99. The quantitative estimate of drug-likeness (QED) is 0.352. The van der Waals surface area contributed by atoms with E-state index < -0.39 is 0 Å². The lowest BCUT2D eigenvalue weighted by Crippen LogP contribution is -2.37. The lowest BCUT2D eigenvalue weighted by Gasteiger charge is -2.31. The van der Waals surface area contributed by atoms with E-state index in [0.29, 0.717) is 5.92 Å². The fourth-order valence-electron chi connectivity index (χ4n) is 4.83. The summed E-state index contributed by atoms with van der Waals surface area (Å²) in [7, 11) is 0. The van der Waals surface area contributed by atoms with E-state index in [1.807, 2.05) is 18.3 Å². The van der Waals surface area contributed by atoms with E-state index in [0.717, 1.165) is 67.3 Å². The van der Waals surface area contributed by atoms with Crippen LogP contribution >= 0.6 is 11.3 Å². The molecule has 5 aromatic heterocycles. The van der Waals surface area contributed by atoms with Gasteiger partial charge < -0.3 is 19.8 Å². The molecule has 0 aliphatic carbocycles. The lowest BCUT2D eigenvalue weighted by atomic mass is 9.93. The minimum atomic E-state index is 0.658. The molecule has 1 fully saturated rings. The van der Waals surface area contributed by atoms with E-state index in [1.165, 1.54) is 23.5 Å². The second-order valence-electron chi connectivity index (χ2n) is 8.93. The molecule has 6 rings (SSSR count). The molecule has 34 heavy (non-hydrogen) atoms. The monoisotopic (exact) mass is 472 g/mol. The van der Waals surface area contributed by atoms with Crippen LogP contribution in [0.15, 0.2) is 54.3 Å². The summed E-state index contributed by atoms with van der Waals surface area (Å²) < 4.78 is 2.32. The van der Waals surface area contributed by atoms with E-state index in [9.17, 15) is 0 Å². The number of hydrogen-bond donors (Lipinski definition) is 2. The lowest BCUT2D eigenvalue weighted by molar-refractivity contribution is 0.188. The van der Waals surface area contributed by atoms with Crippen LogP contribution in [0.3, 0.4) is 0 Å². The standard InChI is InChI=1S/C25H28N8S/c1-4-21-24(27-8-1)33(17-19-3-2-14-34-19)23(29-21)15-18-6-11-32(12-7-18)13-10-28-25-30-20-5-9-26-16-22(20)31-25/h1-5,8-9,14,16,18H,6-7,10-13,15,17H2,(H2,28,30,31). The molecule has 0 saturated carbocycles. The van der Waals surface area contributed by atoms with Gasteiger partial charge in [-0.05, 0) is 61.5 Å². The molecule has 1 saturated heterocycles. The van der Waals surface area contributed by atoms with Crippen LogP contribution in [0.1, 0.15) is 23.5 Å². The molecule has 0 bridgehead atoms. The van der Waals surface area contributed by atoms with Crippen LogP contribution in [0.2, 0.25) is 0 Å². The van der Waals surface area contributed by atoms with Crippen molar-refractivity contribution in [1.82, 2.24) is 34.4 Å².